The molecule has 2 N–H and O–H groups in total. The van der Waals surface area contributed by atoms with E-state index in [0.29, 0.717) is 5.56 Å². The fraction of sp³-hybridized carbons (Fsp3) is 0.533. The molecule has 0 saturated heterocycles. The number of rotatable bonds is 5. The van der Waals surface area contributed by atoms with Gasteiger partial charge in [-0.15, -0.1) is 0 Å². The van der Waals surface area contributed by atoms with E-state index in [2.05, 4.69) is 0 Å². The first-order valence-electron chi connectivity index (χ1n) is 6.76. The van der Waals surface area contributed by atoms with E-state index in [1.165, 1.54) is 11.0 Å². The van der Waals surface area contributed by atoms with Gasteiger partial charge < -0.3 is 10.6 Å². The lowest BCUT2D eigenvalue weighted by Crippen LogP contribution is -2.46. The molecule has 5 heteroatoms. The van der Waals surface area contributed by atoms with E-state index < -0.39 is 17.7 Å². The van der Waals surface area contributed by atoms with Crippen molar-refractivity contribution in [2.75, 3.05) is 7.05 Å². The highest BCUT2D eigenvalue weighted by molar-refractivity contribution is 5.82. The summed E-state index contributed by atoms with van der Waals surface area (Å²) >= 11 is 0. The van der Waals surface area contributed by atoms with Crippen LogP contribution in [0.25, 0.3) is 0 Å². The van der Waals surface area contributed by atoms with Gasteiger partial charge in [0.2, 0.25) is 5.91 Å². The average Bonchev–Trinajstić information content (AvgIpc) is 2.46. The summed E-state index contributed by atoms with van der Waals surface area (Å²) in [4.78, 5) is 13.7. The van der Waals surface area contributed by atoms with Gasteiger partial charge in [0.25, 0.3) is 0 Å². The van der Waals surface area contributed by atoms with E-state index in [0.717, 1.165) is 18.6 Å². The Morgan fingerprint density at radius 1 is 1.30 bits per heavy atom. The van der Waals surface area contributed by atoms with Crippen molar-refractivity contribution >= 4 is 5.91 Å². The summed E-state index contributed by atoms with van der Waals surface area (Å²) in [6.45, 7) is 5.64. The normalized spacial score (nSPS) is 15.6. The molecule has 0 saturated carbocycles. The number of carbonyl (C=O) groups is 1. The summed E-state index contributed by atoms with van der Waals surface area (Å²) in [7, 11) is 1.62. The maximum absolute atomic E-state index is 13.2. The van der Waals surface area contributed by atoms with Crippen molar-refractivity contribution in [1.82, 2.24) is 4.90 Å². The third-order valence-corrected chi connectivity index (χ3v) is 3.90. The summed E-state index contributed by atoms with van der Waals surface area (Å²) in [5.41, 5.74) is 6.45. The van der Waals surface area contributed by atoms with Crippen LogP contribution in [0.2, 0.25) is 0 Å². The van der Waals surface area contributed by atoms with Crippen molar-refractivity contribution in [2.45, 2.75) is 39.3 Å². The van der Waals surface area contributed by atoms with E-state index in [1.807, 2.05) is 13.8 Å². The Hall–Kier alpha value is -1.49. The third kappa shape index (κ3) is 3.54. The van der Waals surface area contributed by atoms with E-state index in [9.17, 15) is 13.6 Å². The van der Waals surface area contributed by atoms with Crippen LogP contribution < -0.4 is 5.73 Å². The Morgan fingerprint density at radius 2 is 1.90 bits per heavy atom. The second kappa shape index (κ2) is 6.79. The summed E-state index contributed by atoms with van der Waals surface area (Å²) in [5, 5.41) is 0. The molecule has 1 aromatic rings. The maximum Gasteiger partial charge on any atom is 0.240 e. The van der Waals surface area contributed by atoms with Crippen LogP contribution in [0.15, 0.2) is 18.2 Å². The number of hydrogen-bond acceptors (Lipinski definition) is 2. The Morgan fingerprint density at radius 3 is 2.40 bits per heavy atom. The van der Waals surface area contributed by atoms with Gasteiger partial charge >= 0.3 is 0 Å². The fourth-order valence-electron chi connectivity index (χ4n) is 1.92. The van der Waals surface area contributed by atoms with Crippen LogP contribution in [-0.2, 0) is 4.79 Å². The second-order valence-corrected chi connectivity index (χ2v) is 5.21. The highest BCUT2D eigenvalue weighted by Crippen LogP contribution is 2.22. The molecule has 112 valence electrons. The van der Waals surface area contributed by atoms with Crippen LogP contribution in [-0.4, -0.2) is 23.9 Å². The standard InChI is InChI=1S/C15H22F2N2O/c1-5-9(2)14(18)15(20)19(4)10(3)11-6-7-12(16)13(17)8-11/h6-10,14H,5,18H2,1-4H3/t9-,10?,14-/m0/s1. The van der Waals surface area contributed by atoms with Gasteiger partial charge in [-0.3, -0.25) is 4.79 Å². The molecule has 0 aliphatic carbocycles. The smallest absolute Gasteiger partial charge is 0.240 e. The van der Waals surface area contributed by atoms with Crippen LogP contribution in [0.5, 0.6) is 0 Å². The molecule has 1 unspecified atom stereocenters. The number of nitrogens with two attached hydrogens (primary N) is 1. The van der Waals surface area contributed by atoms with Crippen LogP contribution in [0.3, 0.4) is 0 Å². The molecule has 1 aromatic carbocycles. The van der Waals surface area contributed by atoms with E-state index in [1.54, 1.807) is 14.0 Å². The van der Waals surface area contributed by atoms with Crippen molar-refractivity contribution < 1.29 is 13.6 Å². The topological polar surface area (TPSA) is 46.3 Å². The molecule has 0 bridgehead atoms. The Balaban J connectivity index is 2.87. The van der Waals surface area contributed by atoms with Gasteiger partial charge in [-0.2, -0.15) is 0 Å². The molecule has 0 radical (unpaired) electrons. The molecule has 0 spiro atoms. The van der Waals surface area contributed by atoms with E-state index in [-0.39, 0.29) is 17.9 Å². The quantitative estimate of drug-likeness (QED) is 0.903. The lowest BCUT2D eigenvalue weighted by atomic mass is 9.97. The minimum Gasteiger partial charge on any atom is -0.338 e. The van der Waals surface area contributed by atoms with Crippen molar-refractivity contribution in [3.63, 3.8) is 0 Å². The SMILES string of the molecule is CC[C@H](C)[C@H](N)C(=O)N(C)C(C)c1ccc(F)c(F)c1. The molecule has 0 fully saturated rings. The lowest BCUT2D eigenvalue weighted by Gasteiger charge is -2.30. The van der Waals surface area contributed by atoms with Gasteiger partial charge in [-0.05, 0) is 30.5 Å². The van der Waals surface area contributed by atoms with E-state index >= 15 is 0 Å². The Bertz CT molecular complexity index is 479. The molecule has 0 aliphatic rings. The first-order valence-corrected chi connectivity index (χ1v) is 6.76. The third-order valence-electron chi connectivity index (χ3n) is 3.90. The maximum atomic E-state index is 13.2. The number of halogens is 2. The van der Waals surface area contributed by atoms with Gasteiger partial charge in [0.1, 0.15) is 0 Å². The zero-order valence-electron chi connectivity index (χ0n) is 12.4. The molecule has 1 rings (SSSR count). The van der Waals surface area contributed by atoms with Crippen molar-refractivity contribution in [3.05, 3.63) is 35.4 Å². The average molecular weight is 284 g/mol. The Kier molecular flexibility index (Phi) is 5.62. The number of nitrogens with zero attached hydrogens (tertiary/aromatic N) is 1. The molecule has 3 atom stereocenters. The fourth-order valence-corrected chi connectivity index (χ4v) is 1.92. The summed E-state index contributed by atoms with van der Waals surface area (Å²) in [6.07, 6.45) is 0.806. The molecule has 20 heavy (non-hydrogen) atoms. The number of hydrogen-bond donors (Lipinski definition) is 1. The lowest BCUT2D eigenvalue weighted by molar-refractivity contribution is -0.134. The predicted molar refractivity (Wildman–Crippen MR) is 75.0 cm³/mol. The molecular formula is C15H22F2N2O. The van der Waals surface area contributed by atoms with Gasteiger partial charge in [-0.1, -0.05) is 26.3 Å². The molecular weight excluding hydrogens is 262 g/mol. The van der Waals surface area contributed by atoms with E-state index in [4.69, 9.17) is 5.73 Å². The van der Waals surface area contributed by atoms with Gasteiger partial charge in [-0.25, -0.2) is 8.78 Å². The van der Waals surface area contributed by atoms with Crippen molar-refractivity contribution in [2.24, 2.45) is 11.7 Å². The highest BCUT2D eigenvalue weighted by atomic mass is 19.2. The van der Waals surface area contributed by atoms with Crippen LogP contribution >= 0.6 is 0 Å². The van der Waals surface area contributed by atoms with Gasteiger partial charge in [0.15, 0.2) is 11.6 Å². The highest BCUT2D eigenvalue weighted by Gasteiger charge is 2.26. The number of amides is 1. The number of carbonyl (C=O) groups excluding carboxylic acids is 1. The molecule has 3 nitrogen and oxygen atoms in total. The summed E-state index contributed by atoms with van der Waals surface area (Å²) in [6, 6.07) is 2.69. The predicted octanol–water partition coefficient (Wildman–Crippen LogP) is 2.86. The second-order valence-electron chi connectivity index (χ2n) is 5.21. The first-order chi connectivity index (χ1) is 9.29. The zero-order chi connectivity index (χ0) is 15.4. The van der Waals surface area contributed by atoms with Gasteiger partial charge in [0.05, 0.1) is 12.1 Å². The van der Waals surface area contributed by atoms with Crippen LogP contribution in [0, 0.1) is 17.6 Å². The molecule has 0 aromatic heterocycles. The first kappa shape index (κ1) is 16.6. The number of benzene rings is 1. The van der Waals surface area contributed by atoms with Gasteiger partial charge in [0, 0.05) is 7.05 Å². The summed E-state index contributed by atoms with van der Waals surface area (Å²) < 4.78 is 26.2. The Labute approximate surface area is 118 Å². The minimum atomic E-state index is -0.915. The molecule has 0 aliphatic heterocycles. The summed E-state index contributed by atoms with van der Waals surface area (Å²) in [5.74, 6) is -1.94. The number of likely N-dealkylation sites (N-methyl/N-ethyl adjacent to an activating group) is 1. The zero-order valence-corrected chi connectivity index (χ0v) is 12.4. The monoisotopic (exact) mass is 284 g/mol. The van der Waals surface area contributed by atoms with Crippen LogP contribution in [0.1, 0.15) is 38.8 Å². The van der Waals surface area contributed by atoms with Crippen LogP contribution in [0.4, 0.5) is 8.78 Å². The minimum absolute atomic E-state index is 0.0714. The largest absolute Gasteiger partial charge is 0.338 e. The van der Waals surface area contributed by atoms with Crippen molar-refractivity contribution in [3.8, 4) is 0 Å². The molecule has 1 amide bonds. The van der Waals surface area contributed by atoms with Crippen molar-refractivity contribution in [1.29, 1.82) is 0 Å². The molecule has 0 heterocycles.